The molecule has 3 N–H and O–H groups in total. The minimum Gasteiger partial charge on any atom is -0.369 e. The van der Waals surface area contributed by atoms with Crippen molar-refractivity contribution in [2.75, 3.05) is 42.9 Å². The third kappa shape index (κ3) is 4.26. The molecule has 0 radical (unpaired) electrons. The van der Waals surface area contributed by atoms with Gasteiger partial charge in [0.2, 0.25) is 0 Å². The highest BCUT2D eigenvalue weighted by Crippen LogP contribution is 2.29. The van der Waals surface area contributed by atoms with Gasteiger partial charge in [-0.3, -0.25) is 0 Å². The van der Waals surface area contributed by atoms with E-state index in [0.29, 0.717) is 0 Å². The fourth-order valence-corrected chi connectivity index (χ4v) is 4.09. The fourth-order valence-electron chi connectivity index (χ4n) is 4.09. The molecule has 30 heavy (non-hydrogen) atoms. The number of anilines is 2. The minimum absolute atomic E-state index is 0.299. The van der Waals surface area contributed by atoms with Crippen LogP contribution in [-0.2, 0) is 0 Å². The van der Waals surface area contributed by atoms with Gasteiger partial charge in [0.1, 0.15) is 5.82 Å². The standard InChI is InChI=1S/C23H28FN5O/c1-3-28-11-13-29(14-12-28)22-8-7-17(24)15-19(22)16(2)26-23(30)27-21-6-4-5-20-18(21)9-10-25-20/h4-10,15-16,25H,3,11-14H2,1-2H3,(H2,26,27,30). The van der Waals surface area contributed by atoms with E-state index < -0.39 is 0 Å². The lowest BCUT2D eigenvalue weighted by molar-refractivity contribution is 0.249. The van der Waals surface area contributed by atoms with E-state index in [4.69, 9.17) is 0 Å². The summed E-state index contributed by atoms with van der Waals surface area (Å²) in [5.74, 6) is -0.299. The normalized spacial score (nSPS) is 15.9. The molecular formula is C23H28FN5O. The van der Waals surface area contributed by atoms with Gasteiger partial charge in [-0.15, -0.1) is 0 Å². The van der Waals surface area contributed by atoms with Crippen molar-refractivity contribution in [2.45, 2.75) is 19.9 Å². The number of fused-ring (bicyclic) bond motifs is 1. The van der Waals surface area contributed by atoms with Crippen LogP contribution in [0.15, 0.2) is 48.7 Å². The molecule has 0 bridgehead atoms. The van der Waals surface area contributed by atoms with Crippen LogP contribution in [0.5, 0.6) is 0 Å². The van der Waals surface area contributed by atoms with E-state index in [2.05, 4.69) is 32.3 Å². The van der Waals surface area contributed by atoms with E-state index in [0.717, 1.165) is 60.6 Å². The number of halogens is 1. The fraction of sp³-hybridized carbons (Fsp3) is 0.348. The van der Waals surface area contributed by atoms with Gasteiger partial charge in [-0.1, -0.05) is 13.0 Å². The first-order valence-corrected chi connectivity index (χ1v) is 10.5. The summed E-state index contributed by atoms with van der Waals surface area (Å²) in [7, 11) is 0. The molecule has 1 aromatic heterocycles. The highest BCUT2D eigenvalue weighted by molar-refractivity contribution is 6.00. The number of piperazine rings is 1. The van der Waals surface area contributed by atoms with Crippen LogP contribution in [-0.4, -0.2) is 48.6 Å². The van der Waals surface area contributed by atoms with Crippen LogP contribution < -0.4 is 15.5 Å². The van der Waals surface area contributed by atoms with E-state index in [-0.39, 0.29) is 17.9 Å². The number of rotatable bonds is 5. The van der Waals surface area contributed by atoms with Gasteiger partial charge >= 0.3 is 6.03 Å². The number of aromatic nitrogens is 1. The first kappa shape index (κ1) is 20.2. The molecule has 1 aliphatic rings. The van der Waals surface area contributed by atoms with Crippen molar-refractivity contribution >= 4 is 28.3 Å². The van der Waals surface area contributed by atoms with Crippen LogP contribution in [0.25, 0.3) is 10.9 Å². The van der Waals surface area contributed by atoms with E-state index in [1.807, 2.05) is 43.5 Å². The van der Waals surface area contributed by atoms with E-state index >= 15 is 0 Å². The first-order valence-electron chi connectivity index (χ1n) is 10.5. The quantitative estimate of drug-likeness (QED) is 0.588. The SMILES string of the molecule is CCN1CCN(c2ccc(F)cc2C(C)NC(=O)Nc2cccc3[nH]ccc23)CC1. The van der Waals surface area contributed by atoms with Crippen molar-refractivity contribution in [3.8, 4) is 0 Å². The van der Waals surface area contributed by atoms with Crippen LogP contribution in [0.3, 0.4) is 0 Å². The maximum Gasteiger partial charge on any atom is 0.319 e. The third-order valence-corrected chi connectivity index (χ3v) is 5.81. The lowest BCUT2D eigenvalue weighted by Gasteiger charge is -2.37. The zero-order chi connectivity index (χ0) is 21.1. The third-order valence-electron chi connectivity index (χ3n) is 5.81. The van der Waals surface area contributed by atoms with Crippen LogP contribution >= 0.6 is 0 Å². The molecule has 3 aromatic rings. The van der Waals surface area contributed by atoms with Gasteiger partial charge in [-0.25, -0.2) is 9.18 Å². The molecule has 158 valence electrons. The summed E-state index contributed by atoms with van der Waals surface area (Å²) >= 11 is 0. The Labute approximate surface area is 176 Å². The van der Waals surface area contributed by atoms with E-state index in [1.165, 1.54) is 12.1 Å². The number of hydrogen-bond donors (Lipinski definition) is 3. The molecule has 2 heterocycles. The number of nitrogens with zero attached hydrogens (tertiary/aromatic N) is 2. The first-order chi connectivity index (χ1) is 14.5. The van der Waals surface area contributed by atoms with Gasteiger partial charge in [0, 0.05) is 54.5 Å². The summed E-state index contributed by atoms with van der Waals surface area (Å²) < 4.78 is 14.1. The Hall–Kier alpha value is -3.06. The van der Waals surface area contributed by atoms with Gasteiger partial charge in [-0.05, 0) is 49.9 Å². The molecule has 2 aromatic carbocycles. The number of aromatic amines is 1. The number of likely N-dealkylation sites (N-methyl/N-ethyl adjacent to an activating group) is 1. The lowest BCUT2D eigenvalue weighted by atomic mass is 10.0. The van der Waals surface area contributed by atoms with Gasteiger partial charge in [0.15, 0.2) is 0 Å². The Morgan fingerprint density at radius 2 is 1.97 bits per heavy atom. The molecule has 1 atom stereocenters. The monoisotopic (exact) mass is 409 g/mol. The summed E-state index contributed by atoms with van der Waals surface area (Å²) in [6, 6.07) is 11.8. The Bertz CT molecular complexity index is 1030. The predicted octanol–water partition coefficient (Wildman–Crippen LogP) is 4.33. The van der Waals surface area contributed by atoms with Crippen molar-refractivity contribution in [1.29, 1.82) is 0 Å². The number of nitrogens with one attached hydrogen (secondary N) is 3. The number of urea groups is 1. The van der Waals surface area contributed by atoms with Crippen molar-refractivity contribution in [1.82, 2.24) is 15.2 Å². The largest absolute Gasteiger partial charge is 0.369 e. The topological polar surface area (TPSA) is 63.4 Å². The van der Waals surface area contributed by atoms with Crippen LogP contribution in [0.4, 0.5) is 20.6 Å². The highest BCUT2D eigenvalue weighted by atomic mass is 19.1. The van der Waals surface area contributed by atoms with Gasteiger partial charge in [0.05, 0.1) is 11.7 Å². The average molecular weight is 410 g/mol. The van der Waals surface area contributed by atoms with Crippen molar-refractivity contribution in [3.63, 3.8) is 0 Å². The van der Waals surface area contributed by atoms with Crippen LogP contribution in [0, 0.1) is 5.82 Å². The Kier molecular flexibility index (Phi) is 5.90. The summed E-state index contributed by atoms with van der Waals surface area (Å²) in [5.41, 5.74) is 3.45. The molecule has 1 fully saturated rings. The Morgan fingerprint density at radius 3 is 2.73 bits per heavy atom. The van der Waals surface area contributed by atoms with Crippen molar-refractivity contribution < 1.29 is 9.18 Å². The molecule has 0 spiro atoms. The van der Waals surface area contributed by atoms with E-state index in [9.17, 15) is 9.18 Å². The van der Waals surface area contributed by atoms with Gasteiger partial charge in [0.25, 0.3) is 0 Å². The maximum absolute atomic E-state index is 14.1. The second-order valence-corrected chi connectivity index (χ2v) is 7.69. The van der Waals surface area contributed by atoms with E-state index in [1.54, 1.807) is 0 Å². The molecular weight excluding hydrogens is 381 g/mol. The van der Waals surface area contributed by atoms with Gasteiger partial charge < -0.3 is 25.4 Å². The van der Waals surface area contributed by atoms with Crippen LogP contribution in [0.1, 0.15) is 25.5 Å². The summed E-state index contributed by atoms with van der Waals surface area (Å²) in [4.78, 5) is 20.5. The average Bonchev–Trinajstić information content (AvgIpc) is 3.24. The lowest BCUT2D eigenvalue weighted by Crippen LogP contribution is -2.46. The smallest absolute Gasteiger partial charge is 0.319 e. The maximum atomic E-state index is 14.1. The van der Waals surface area contributed by atoms with Crippen molar-refractivity contribution in [3.05, 3.63) is 60.0 Å². The van der Waals surface area contributed by atoms with Gasteiger partial charge in [-0.2, -0.15) is 0 Å². The molecule has 0 aliphatic carbocycles. The Morgan fingerprint density at radius 1 is 1.17 bits per heavy atom. The zero-order valence-electron chi connectivity index (χ0n) is 17.4. The molecule has 2 amide bonds. The molecule has 1 unspecified atom stereocenters. The number of H-pyrrole nitrogens is 1. The molecule has 6 nitrogen and oxygen atoms in total. The molecule has 1 saturated heterocycles. The summed E-state index contributed by atoms with van der Waals surface area (Å²) in [6.07, 6.45) is 1.84. The highest BCUT2D eigenvalue weighted by Gasteiger charge is 2.22. The molecule has 1 aliphatic heterocycles. The zero-order valence-corrected chi connectivity index (χ0v) is 17.4. The Balaban J connectivity index is 1.49. The molecule has 7 heteroatoms. The molecule has 0 saturated carbocycles. The molecule has 4 rings (SSSR count). The number of benzene rings is 2. The van der Waals surface area contributed by atoms with Crippen molar-refractivity contribution in [2.24, 2.45) is 0 Å². The number of carbonyl (C=O) groups is 1. The summed E-state index contributed by atoms with van der Waals surface area (Å²) in [6.45, 7) is 8.83. The summed E-state index contributed by atoms with van der Waals surface area (Å²) in [5, 5.41) is 6.82. The van der Waals surface area contributed by atoms with Crippen LogP contribution in [0.2, 0.25) is 0 Å². The number of amides is 2. The number of hydrogen-bond acceptors (Lipinski definition) is 3. The minimum atomic E-state index is -0.342. The number of carbonyl (C=O) groups excluding carboxylic acids is 1. The second kappa shape index (κ2) is 8.75. The predicted molar refractivity (Wildman–Crippen MR) is 120 cm³/mol. The second-order valence-electron chi connectivity index (χ2n) is 7.69.